The van der Waals surface area contributed by atoms with Crippen LogP contribution in [0.1, 0.15) is 322 Å². The van der Waals surface area contributed by atoms with Crippen molar-refractivity contribution >= 4 is 17.9 Å². The van der Waals surface area contributed by atoms with Crippen LogP contribution >= 0.6 is 0 Å². The fourth-order valence-corrected chi connectivity index (χ4v) is 11.0. The molecule has 0 bridgehead atoms. The molecule has 0 aliphatic heterocycles. The molecule has 101 heavy (non-hydrogen) atoms. The molecule has 0 saturated heterocycles. The zero-order valence-corrected chi connectivity index (χ0v) is 65.5. The average molecular weight is 1400 g/mol. The third kappa shape index (κ3) is 81.6. The first-order chi connectivity index (χ1) is 49.6. The zero-order valence-electron chi connectivity index (χ0n) is 65.5. The van der Waals surface area contributed by atoms with E-state index in [0.29, 0.717) is 17.4 Å². The highest BCUT2D eigenvalue weighted by atomic mass is 16.7. The summed E-state index contributed by atoms with van der Waals surface area (Å²) in [6.45, 7) is 4.52. The van der Waals surface area contributed by atoms with Gasteiger partial charge in [-0.1, -0.05) is 357 Å². The highest BCUT2D eigenvalue weighted by Gasteiger charge is 2.22. The lowest BCUT2D eigenvalue weighted by Gasteiger charge is -2.26. The predicted molar refractivity (Wildman–Crippen MR) is 435 cm³/mol. The molecule has 0 aromatic carbocycles. The zero-order chi connectivity index (χ0) is 73.2. The van der Waals surface area contributed by atoms with Gasteiger partial charge in [-0.2, -0.15) is 0 Å². The first-order valence-corrected chi connectivity index (χ1v) is 40.9. The van der Waals surface area contributed by atoms with Crippen molar-refractivity contribution in [1.82, 2.24) is 0 Å². The molecular formula is C92H151NO8. The Bertz CT molecular complexity index is 2330. The smallest absolute Gasteiger partial charge is 0.306 e. The largest absolute Gasteiger partial charge is 0.545 e. The van der Waals surface area contributed by atoms with E-state index >= 15 is 0 Å². The lowest BCUT2D eigenvalue weighted by Crippen LogP contribution is -2.44. The average Bonchev–Trinajstić information content (AvgIpc) is 1.25. The van der Waals surface area contributed by atoms with Crippen molar-refractivity contribution < 1.29 is 42.9 Å². The van der Waals surface area contributed by atoms with Crippen LogP contribution in [0.2, 0.25) is 0 Å². The Kier molecular flexibility index (Phi) is 75.6. The van der Waals surface area contributed by atoms with Crippen LogP contribution in [0.3, 0.4) is 0 Å². The molecule has 0 spiro atoms. The first-order valence-electron chi connectivity index (χ1n) is 40.9. The summed E-state index contributed by atoms with van der Waals surface area (Å²) in [5.74, 6) is -2.29. The Morgan fingerprint density at radius 3 is 0.792 bits per heavy atom. The normalized spacial score (nSPS) is 13.6. The minimum Gasteiger partial charge on any atom is -0.545 e. The van der Waals surface area contributed by atoms with Gasteiger partial charge in [0.2, 0.25) is 0 Å². The summed E-state index contributed by atoms with van der Waals surface area (Å²) < 4.78 is 22.9. The minimum atomic E-state index is -1.63. The summed E-state index contributed by atoms with van der Waals surface area (Å²) >= 11 is 0. The summed E-state index contributed by atoms with van der Waals surface area (Å²) in [4.78, 5) is 37.6. The number of carbonyl (C=O) groups is 3. The Balaban J connectivity index is 4.06. The summed E-state index contributed by atoms with van der Waals surface area (Å²) in [7, 11) is 5.93. The van der Waals surface area contributed by atoms with E-state index in [0.717, 1.165) is 141 Å². The second kappa shape index (κ2) is 80.1. The van der Waals surface area contributed by atoms with E-state index in [9.17, 15) is 19.5 Å². The van der Waals surface area contributed by atoms with Gasteiger partial charge >= 0.3 is 11.9 Å². The van der Waals surface area contributed by atoms with Gasteiger partial charge in [-0.25, -0.2) is 0 Å². The number of esters is 2. The lowest BCUT2D eigenvalue weighted by molar-refractivity contribution is -0.870. The van der Waals surface area contributed by atoms with E-state index < -0.39 is 24.3 Å². The molecule has 572 valence electrons. The van der Waals surface area contributed by atoms with Crippen molar-refractivity contribution in [3.8, 4) is 0 Å². The molecule has 0 radical (unpaired) electrons. The van der Waals surface area contributed by atoms with Crippen LogP contribution < -0.4 is 5.11 Å². The number of hydrogen-bond donors (Lipinski definition) is 0. The van der Waals surface area contributed by atoms with E-state index in [2.05, 4.69) is 196 Å². The van der Waals surface area contributed by atoms with Gasteiger partial charge in [-0.05, 0) is 135 Å². The molecule has 0 fully saturated rings. The van der Waals surface area contributed by atoms with Gasteiger partial charge in [0.05, 0.1) is 40.3 Å². The van der Waals surface area contributed by atoms with E-state index in [-0.39, 0.29) is 38.6 Å². The monoisotopic (exact) mass is 1400 g/mol. The minimum absolute atomic E-state index is 0.140. The fraction of sp³-hybridized carbons (Fsp3) is 0.641. The number of carboxylic acid groups (broad SMARTS) is 1. The number of hydrogen-bond acceptors (Lipinski definition) is 8. The standard InChI is InChI=1S/C92H151NO8/c1-6-8-10-12-14-16-18-20-22-24-26-28-30-32-34-36-38-40-42-43-44-45-46-47-49-50-52-54-56-58-60-62-64-66-68-70-72-74-76-78-80-82-89(94)99-86-88(87-100-92(91(96)97)98-85-84-93(3,4)5)101-90(95)83-81-79-77-75-73-71-69-67-65-63-61-59-57-55-53-51-48-41-39-37-35-33-31-29-27-25-23-21-19-17-15-13-11-9-7-2/h8-11,14-17,20-23,26-29,32-35,38-41,43-44,51,53,57,59,88,92H,6-7,12-13,18-19,24-25,30-31,36-37,42,45-50,52,54-56,58,60-87H2,1-5H3/b10-8-,11-9-,16-14-,17-15-,22-20-,23-21-,28-26-,29-27-,34-32-,35-33-,40-38-,41-39-,44-43-,53-51-,59-57-. The number of carboxylic acids is 1. The Labute approximate surface area is 621 Å². The quantitative estimate of drug-likeness (QED) is 0.0195. The summed E-state index contributed by atoms with van der Waals surface area (Å²) in [5.41, 5.74) is 0. The molecule has 9 heteroatoms. The Morgan fingerprint density at radius 2 is 0.535 bits per heavy atom. The number of nitrogens with zero attached hydrogens (tertiary/aromatic N) is 1. The van der Waals surface area contributed by atoms with Crippen molar-refractivity contribution in [2.24, 2.45) is 0 Å². The summed E-state index contributed by atoms with van der Waals surface area (Å²) in [5, 5.41) is 11.9. The molecule has 0 heterocycles. The summed E-state index contributed by atoms with van der Waals surface area (Å²) in [6, 6.07) is 0. The molecule has 0 aromatic heterocycles. The number of quaternary nitrogens is 1. The number of rotatable bonds is 74. The van der Waals surface area contributed by atoms with Crippen LogP contribution in [0, 0.1) is 0 Å². The van der Waals surface area contributed by atoms with Gasteiger partial charge in [-0.15, -0.1) is 0 Å². The van der Waals surface area contributed by atoms with Crippen LogP contribution in [-0.2, 0) is 33.3 Å². The number of allylic oxidation sites excluding steroid dienone is 30. The van der Waals surface area contributed by atoms with E-state index in [1.807, 2.05) is 21.1 Å². The van der Waals surface area contributed by atoms with Crippen LogP contribution in [0.5, 0.6) is 0 Å². The van der Waals surface area contributed by atoms with Gasteiger partial charge in [0, 0.05) is 12.8 Å². The fourth-order valence-electron chi connectivity index (χ4n) is 11.0. The predicted octanol–water partition coefficient (Wildman–Crippen LogP) is 25.4. The van der Waals surface area contributed by atoms with Crippen molar-refractivity contribution in [1.29, 1.82) is 0 Å². The van der Waals surface area contributed by atoms with Crippen LogP contribution in [0.15, 0.2) is 182 Å². The molecule has 0 aromatic rings. The summed E-state index contributed by atoms with van der Waals surface area (Å²) in [6.07, 6.45) is 119. The number of unbranched alkanes of at least 4 members (excludes halogenated alkanes) is 29. The Hall–Kier alpha value is -5.61. The van der Waals surface area contributed by atoms with Gasteiger partial charge in [-0.3, -0.25) is 9.59 Å². The van der Waals surface area contributed by atoms with E-state index in [1.54, 1.807) is 0 Å². The molecular weight excluding hydrogens is 1250 g/mol. The molecule has 0 rings (SSSR count). The Morgan fingerprint density at radius 1 is 0.297 bits per heavy atom. The molecule has 2 atom stereocenters. The lowest BCUT2D eigenvalue weighted by atomic mass is 10.0. The topological polar surface area (TPSA) is 111 Å². The molecule has 0 N–H and O–H groups in total. The number of carbonyl (C=O) groups excluding carboxylic acids is 3. The van der Waals surface area contributed by atoms with Crippen LogP contribution in [0.25, 0.3) is 0 Å². The van der Waals surface area contributed by atoms with Crippen LogP contribution in [0.4, 0.5) is 0 Å². The second-order valence-electron chi connectivity index (χ2n) is 27.9. The second-order valence-corrected chi connectivity index (χ2v) is 27.9. The number of ether oxygens (including phenoxy) is 4. The van der Waals surface area contributed by atoms with Crippen LogP contribution in [-0.4, -0.2) is 82.3 Å². The first kappa shape index (κ1) is 95.4. The van der Waals surface area contributed by atoms with Gasteiger partial charge in [0.1, 0.15) is 13.2 Å². The van der Waals surface area contributed by atoms with Crippen molar-refractivity contribution in [3.63, 3.8) is 0 Å². The van der Waals surface area contributed by atoms with Gasteiger partial charge < -0.3 is 33.3 Å². The van der Waals surface area contributed by atoms with Gasteiger partial charge in [0.25, 0.3) is 0 Å². The highest BCUT2D eigenvalue weighted by Crippen LogP contribution is 2.18. The number of aliphatic carboxylic acids is 1. The number of likely N-dealkylation sites (N-methyl/N-ethyl adjacent to an activating group) is 1. The maximum Gasteiger partial charge on any atom is 0.306 e. The third-order valence-electron chi connectivity index (χ3n) is 17.1. The van der Waals surface area contributed by atoms with E-state index in [4.69, 9.17) is 18.9 Å². The van der Waals surface area contributed by atoms with Crippen molar-refractivity contribution in [2.75, 3.05) is 47.5 Å². The maximum absolute atomic E-state index is 13.0. The van der Waals surface area contributed by atoms with Gasteiger partial charge in [0.15, 0.2) is 12.4 Å². The highest BCUT2D eigenvalue weighted by molar-refractivity contribution is 5.70. The molecule has 0 amide bonds. The maximum atomic E-state index is 13.0. The van der Waals surface area contributed by atoms with E-state index in [1.165, 1.54) is 148 Å². The molecule has 2 unspecified atom stereocenters. The molecule has 0 aliphatic rings. The third-order valence-corrected chi connectivity index (χ3v) is 17.1. The van der Waals surface area contributed by atoms with Crippen molar-refractivity contribution in [2.45, 2.75) is 334 Å². The van der Waals surface area contributed by atoms with Crippen molar-refractivity contribution in [3.05, 3.63) is 182 Å². The molecule has 0 saturated carbocycles. The SMILES string of the molecule is CC/C=C\C/C=C\C/C=C\C/C=C\C/C=C\C/C=C\C/C=C\C/C=C\CCCCCCCCCCCCC(=O)OC(COC(=O)CCCCCCCCCCCCCCCCCCCCC/C=C\C/C=C\C/C=C\C/C=C\C/C=C\C/C=C\C/C=C\CC)COC(OCC[N+](C)(C)C)C(=O)[O-]. The molecule has 0 aliphatic carbocycles. The molecule has 9 nitrogen and oxygen atoms in total.